The monoisotopic (exact) mass is 254 g/mol. The fourth-order valence-corrected chi connectivity index (χ4v) is 2.91. The molecule has 0 aromatic heterocycles. The zero-order valence-electron chi connectivity index (χ0n) is 10.3. The van der Waals surface area contributed by atoms with Gasteiger partial charge in [0.25, 0.3) is 0 Å². The van der Waals surface area contributed by atoms with Gasteiger partial charge in [-0.3, -0.25) is 4.90 Å². The van der Waals surface area contributed by atoms with Crippen LogP contribution in [0.2, 0.25) is 5.02 Å². The third-order valence-electron chi connectivity index (χ3n) is 3.67. The number of nitrogens with two attached hydrogens (primary N) is 1. The number of phenols is 1. The van der Waals surface area contributed by atoms with Crippen LogP contribution in [0.1, 0.15) is 23.6 Å². The van der Waals surface area contributed by atoms with E-state index in [0.29, 0.717) is 17.5 Å². The molecule has 0 spiro atoms. The Hall–Kier alpha value is -0.770. The molecule has 0 aliphatic carbocycles. The Morgan fingerprint density at radius 3 is 2.82 bits per heavy atom. The van der Waals surface area contributed by atoms with Crippen molar-refractivity contribution in [1.29, 1.82) is 0 Å². The van der Waals surface area contributed by atoms with Crippen molar-refractivity contribution in [3.63, 3.8) is 0 Å². The lowest BCUT2D eigenvalue weighted by Gasteiger charge is -2.21. The highest BCUT2D eigenvalue weighted by Crippen LogP contribution is 2.41. The number of phenolic OH excluding ortho intramolecular Hbond substituents is 1. The van der Waals surface area contributed by atoms with E-state index in [9.17, 15) is 5.11 Å². The molecule has 3 N–H and O–H groups in total. The third kappa shape index (κ3) is 2.28. The summed E-state index contributed by atoms with van der Waals surface area (Å²) in [7, 11) is 2.08. The van der Waals surface area contributed by atoms with Crippen molar-refractivity contribution < 1.29 is 5.11 Å². The third-order valence-corrected chi connectivity index (χ3v) is 4.07. The summed E-state index contributed by atoms with van der Waals surface area (Å²) in [6.45, 7) is 3.55. The van der Waals surface area contributed by atoms with Gasteiger partial charge < -0.3 is 10.8 Å². The maximum atomic E-state index is 9.88. The molecule has 1 aromatic carbocycles. The average molecular weight is 255 g/mol. The number of benzene rings is 1. The highest BCUT2D eigenvalue weighted by molar-refractivity contribution is 6.33. The smallest absolute Gasteiger partial charge is 0.137 e. The molecule has 2 rings (SSSR count). The predicted molar refractivity (Wildman–Crippen MR) is 70.4 cm³/mol. The standard InChI is InChI=1S/C13H19ClN2O/c1-8-3-4-10(12(14)13(8)17)11-5-9(6-15)7-16(11)2/h3-4,9,11,17H,5-7,15H2,1-2H3. The lowest BCUT2D eigenvalue weighted by molar-refractivity contribution is 0.313. The van der Waals surface area contributed by atoms with E-state index in [1.165, 1.54) is 0 Å². The molecular weight excluding hydrogens is 236 g/mol. The van der Waals surface area contributed by atoms with Crippen LogP contribution in [0.5, 0.6) is 5.75 Å². The maximum Gasteiger partial charge on any atom is 0.137 e. The van der Waals surface area contributed by atoms with E-state index in [2.05, 4.69) is 11.9 Å². The first-order chi connectivity index (χ1) is 8.04. The SMILES string of the molecule is Cc1ccc(C2CC(CN)CN2C)c(Cl)c1O. The second-order valence-corrected chi connectivity index (χ2v) is 5.31. The summed E-state index contributed by atoms with van der Waals surface area (Å²) in [5.41, 5.74) is 7.54. The van der Waals surface area contributed by atoms with Gasteiger partial charge in [-0.25, -0.2) is 0 Å². The van der Waals surface area contributed by atoms with Crippen molar-refractivity contribution >= 4 is 11.6 Å². The molecule has 4 heteroatoms. The van der Waals surface area contributed by atoms with Gasteiger partial charge in [0.15, 0.2) is 0 Å². The Labute approximate surface area is 107 Å². The normalized spacial score (nSPS) is 25.4. The molecular formula is C13H19ClN2O. The van der Waals surface area contributed by atoms with Crippen LogP contribution in [-0.2, 0) is 0 Å². The summed E-state index contributed by atoms with van der Waals surface area (Å²) in [6.07, 6.45) is 1.01. The number of hydrogen-bond acceptors (Lipinski definition) is 3. The van der Waals surface area contributed by atoms with Crippen LogP contribution in [-0.4, -0.2) is 30.1 Å². The number of nitrogens with zero attached hydrogens (tertiary/aromatic N) is 1. The van der Waals surface area contributed by atoms with Gasteiger partial charge in [0.1, 0.15) is 5.75 Å². The zero-order valence-corrected chi connectivity index (χ0v) is 11.0. The largest absolute Gasteiger partial charge is 0.506 e. The number of aryl methyl sites for hydroxylation is 1. The number of aromatic hydroxyl groups is 1. The van der Waals surface area contributed by atoms with Crippen LogP contribution in [0.3, 0.4) is 0 Å². The quantitative estimate of drug-likeness (QED) is 0.852. The van der Waals surface area contributed by atoms with Crippen molar-refractivity contribution in [3.05, 3.63) is 28.3 Å². The Balaban J connectivity index is 2.32. The van der Waals surface area contributed by atoms with Gasteiger partial charge in [-0.15, -0.1) is 0 Å². The topological polar surface area (TPSA) is 49.5 Å². The van der Waals surface area contributed by atoms with E-state index in [4.69, 9.17) is 17.3 Å². The molecule has 0 bridgehead atoms. The van der Waals surface area contributed by atoms with E-state index in [-0.39, 0.29) is 11.8 Å². The van der Waals surface area contributed by atoms with Gasteiger partial charge in [0, 0.05) is 12.6 Å². The molecule has 1 aliphatic rings. The minimum absolute atomic E-state index is 0.203. The number of rotatable bonds is 2. The van der Waals surface area contributed by atoms with E-state index in [1.54, 1.807) is 0 Å². The summed E-state index contributed by atoms with van der Waals surface area (Å²) in [5.74, 6) is 0.721. The fourth-order valence-electron chi connectivity index (χ4n) is 2.57. The van der Waals surface area contributed by atoms with Gasteiger partial charge in [-0.05, 0) is 44.0 Å². The zero-order chi connectivity index (χ0) is 12.6. The second-order valence-electron chi connectivity index (χ2n) is 4.93. The summed E-state index contributed by atoms with van der Waals surface area (Å²) in [5, 5.41) is 10.4. The van der Waals surface area contributed by atoms with Crippen LogP contribution in [0.4, 0.5) is 0 Å². The Kier molecular flexibility index (Phi) is 3.61. The van der Waals surface area contributed by atoms with Gasteiger partial charge in [0.05, 0.1) is 5.02 Å². The second kappa shape index (κ2) is 4.84. The molecule has 1 saturated heterocycles. The average Bonchev–Trinajstić information content (AvgIpc) is 2.68. The molecule has 2 unspecified atom stereocenters. The van der Waals surface area contributed by atoms with E-state index in [1.807, 2.05) is 19.1 Å². The molecule has 1 heterocycles. The maximum absolute atomic E-state index is 9.88. The summed E-state index contributed by atoms with van der Waals surface area (Å²) >= 11 is 6.23. The van der Waals surface area contributed by atoms with E-state index in [0.717, 1.165) is 24.1 Å². The molecule has 17 heavy (non-hydrogen) atoms. The van der Waals surface area contributed by atoms with Gasteiger partial charge in [0.2, 0.25) is 0 Å². The Bertz CT molecular complexity index is 422. The lowest BCUT2D eigenvalue weighted by Crippen LogP contribution is -2.20. The van der Waals surface area contributed by atoms with Crippen LogP contribution in [0, 0.1) is 12.8 Å². The summed E-state index contributed by atoms with van der Waals surface area (Å²) < 4.78 is 0. The first-order valence-electron chi connectivity index (χ1n) is 5.92. The van der Waals surface area contributed by atoms with Crippen LogP contribution >= 0.6 is 11.6 Å². The minimum atomic E-state index is 0.203. The van der Waals surface area contributed by atoms with E-state index < -0.39 is 0 Å². The number of likely N-dealkylation sites (tertiary alicyclic amines) is 1. The van der Waals surface area contributed by atoms with Gasteiger partial charge in [-0.1, -0.05) is 23.7 Å². The number of hydrogen-bond donors (Lipinski definition) is 2. The van der Waals surface area contributed by atoms with Crippen molar-refractivity contribution in [2.45, 2.75) is 19.4 Å². The van der Waals surface area contributed by atoms with Gasteiger partial charge >= 0.3 is 0 Å². The molecule has 94 valence electrons. The van der Waals surface area contributed by atoms with Crippen molar-refractivity contribution in [1.82, 2.24) is 4.90 Å². The van der Waals surface area contributed by atoms with Gasteiger partial charge in [-0.2, -0.15) is 0 Å². The first-order valence-corrected chi connectivity index (χ1v) is 6.30. The fraction of sp³-hybridized carbons (Fsp3) is 0.538. The summed E-state index contributed by atoms with van der Waals surface area (Å²) in [4.78, 5) is 2.26. The minimum Gasteiger partial charge on any atom is -0.506 e. The molecule has 0 radical (unpaired) electrons. The van der Waals surface area contributed by atoms with Crippen LogP contribution in [0.15, 0.2) is 12.1 Å². The van der Waals surface area contributed by atoms with E-state index >= 15 is 0 Å². The number of halogens is 1. The predicted octanol–water partition coefficient (Wildman–Crippen LogP) is 2.31. The summed E-state index contributed by atoms with van der Waals surface area (Å²) in [6, 6.07) is 4.19. The van der Waals surface area contributed by atoms with Crippen LogP contribution in [0.25, 0.3) is 0 Å². The lowest BCUT2D eigenvalue weighted by atomic mass is 9.98. The molecule has 1 fully saturated rings. The van der Waals surface area contributed by atoms with Crippen molar-refractivity contribution in [2.24, 2.45) is 11.7 Å². The Morgan fingerprint density at radius 2 is 2.24 bits per heavy atom. The molecule has 3 nitrogen and oxygen atoms in total. The highest BCUT2D eigenvalue weighted by atomic mass is 35.5. The molecule has 1 aliphatic heterocycles. The molecule has 0 amide bonds. The van der Waals surface area contributed by atoms with Crippen LogP contribution < -0.4 is 5.73 Å². The molecule has 2 atom stereocenters. The first kappa shape index (κ1) is 12.7. The molecule has 1 aromatic rings. The van der Waals surface area contributed by atoms with Crippen molar-refractivity contribution in [2.75, 3.05) is 20.1 Å². The highest BCUT2D eigenvalue weighted by Gasteiger charge is 2.31. The van der Waals surface area contributed by atoms with Crippen molar-refractivity contribution in [3.8, 4) is 5.75 Å². The Morgan fingerprint density at radius 1 is 1.53 bits per heavy atom. The molecule has 0 saturated carbocycles.